The largest absolute Gasteiger partial charge is 0.403 e. The SMILES string of the molecule is CCNC(=NCC1(CCOC)CCC1)N1CCN(C(C)C(F)(F)F)CC1. The number of alkyl halides is 3. The van der Waals surface area contributed by atoms with E-state index < -0.39 is 12.2 Å². The number of nitrogens with one attached hydrogen (secondary N) is 1. The van der Waals surface area contributed by atoms with Crippen molar-refractivity contribution in [2.75, 3.05) is 53.0 Å². The van der Waals surface area contributed by atoms with Gasteiger partial charge in [-0.1, -0.05) is 6.42 Å². The van der Waals surface area contributed by atoms with Gasteiger partial charge >= 0.3 is 6.18 Å². The molecule has 5 nitrogen and oxygen atoms in total. The summed E-state index contributed by atoms with van der Waals surface area (Å²) in [4.78, 5) is 8.43. The first-order valence-electron chi connectivity index (χ1n) is 9.64. The predicted molar refractivity (Wildman–Crippen MR) is 97.4 cm³/mol. The maximum atomic E-state index is 12.9. The average molecular weight is 378 g/mol. The molecule has 1 unspecified atom stereocenters. The molecular formula is C18H33F3N4O. The van der Waals surface area contributed by atoms with Gasteiger partial charge < -0.3 is 15.0 Å². The Labute approximate surface area is 155 Å². The van der Waals surface area contributed by atoms with E-state index >= 15 is 0 Å². The molecule has 8 heteroatoms. The van der Waals surface area contributed by atoms with Crippen LogP contribution < -0.4 is 5.32 Å². The molecule has 0 amide bonds. The van der Waals surface area contributed by atoms with E-state index in [0.717, 1.165) is 32.1 Å². The minimum atomic E-state index is -4.17. The molecular weight excluding hydrogens is 345 g/mol. The standard InChI is InChI=1S/C18H33F3N4O/c1-4-22-16(23-14-17(6-5-7-17)8-13-26-3)25-11-9-24(10-12-25)15(2)18(19,20)21/h15H,4-14H2,1-3H3,(H,22,23). The summed E-state index contributed by atoms with van der Waals surface area (Å²) in [6, 6.07) is -1.39. The van der Waals surface area contributed by atoms with Crippen molar-refractivity contribution >= 4 is 5.96 Å². The van der Waals surface area contributed by atoms with Gasteiger partial charge in [-0.2, -0.15) is 13.2 Å². The van der Waals surface area contributed by atoms with E-state index in [0.29, 0.717) is 26.2 Å². The van der Waals surface area contributed by atoms with Gasteiger partial charge in [-0.3, -0.25) is 9.89 Å². The van der Waals surface area contributed by atoms with Crippen molar-refractivity contribution < 1.29 is 17.9 Å². The number of rotatable bonds is 7. The molecule has 1 atom stereocenters. The molecule has 1 aliphatic carbocycles. The summed E-state index contributed by atoms with van der Waals surface area (Å²) in [5.74, 6) is 0.829. The van der Waals surface area contributed by atoms with Crippen LogP contribution in [0.3, 0.4) is 0 Å². The maximum absolute atomic E-state index is 12.9. The Balaban J connectivity index is 1.93. The fraction of sp³-hybridized carbons (Fsp3) is 0.944. The van der Waals surface area contributed by atoms with Crippen LogP contribution in [0.25, 0.3) is 0 Å². The molecule has 152 valence electrons. The molecule has 0 aromatic carbocycles. The summed E-state index contributed by atoms with van der Waals surface area (Å²) in [6.07, 6.45) is 0.443. The highest BCUT2D eigenvalue weighted by Gasteiger charge is 2.41. The first kappa shape index (κ1) is 21.3. The van der Waals surface area contributed by atoms with Crippen LogP contribution >= 0.6 is 0 Å². The molecule has 1 saturated heterocycles. The minimum Gasteiger partial charge on any atom is -0.385 e. The lowest BCUT2D eigenvalue weighted by Gasteiger charge is -2.42. The van der Waals surface area contributed by atoms with Crippen LogP contribution in [0.4, 0.5) is 13.2 Å². The highest BCUT2D eigenvalue weighted by atomic mass is 19.4. The summed E-state index contributed by atoms with van der Waals surface area (Å²) in [6.45, 7) is 7.46. The van der Waals surface area contributed by atoms with E-state index in [2.05, 4.69) is 10.2 Å². The summed E-state index contributed by atoms with van der Waals surface area (Å²) >= 11 is 0. The third kappa shape index (κ3) is 5.49. The molecule has 0 radical (unpaired) electrons. The number of ether oxygens (including phenoxy) is 1. The Morgan fingerprint density at radius 1 is 1.23 bits per heavy atom. The van der Waals surface area contributed by atoms with E-state index in [1.165, 1.54) is 31.1 Å². The third-order valence-corrected chi connectivity index (χ3v) is 5.79. The van der Waals surface area contributed by atoms with Crippen molar-refractivity contribution in [1.29, 1.82) is 0 Å². The number of guanidine groups is 1. The lowest BCUT2D eigenvalue weighted by atomic mass is 9.67. The Kier molecular flexibility index (Phi) is 7.58. The number of hydrogen-bond donors (Lipinski definition) is 1. The van der Waals surface area contributed by atoms with Gasteiger partial charge in [0.05, 0.1) is 0 Å². The molecule has 1 saturated carbocycles. The van der Waals surface area contributed by atoms with Gasteiger partial charge in [-0.25, -0.2) is 0 Å². The fourth-order valence-corrected chi connectivity index (χ4v) is 3.68. The molecule has 0 bridgehead atoms. The van der Waals surface area contributed by atoms with Gasteiger partial charge in [0.25, 0.3) is 0 Å². The number of piperazine rings is 1. The van der Waals surface area contributed by atoms with Crippen LogP contribution in [-0.2, 0) is 4.74 Å². The topological polar surface area (TPSA) is 40.1 Å². The summed E-state index contributed by atoms with van der Waals surface area (Å²) in [5.41, 5.74) is 0.239. The van der Waals surface area contributed by atoms with Crippen molar-refractivity contribution in [2.45, 2.75) is 51.7 Å². The predicted octanol–water partition coefficient (Wildman–Crippen LogP) is 2.73. The first-order valence-corrected chi connectivity index (χ1v) is 9.64. The van der Waals surface area contributed by atoms with E-state index in [4.69, 9.17) is 9.73 Å². The molecule has 1 N–H and O–H groups in total. The van der Waals surface area contributed by atoms with Crippen LogP contribution in [0, 0.1) is 5.41 Å². The first-order chi connectivity index (χ1) is 12.3. The number of nitrogens with zero attached hydrogens (tertiary/aromatic N) is 3. The molecule has 0 aromatic heterocycles. The lowest BCUT2D eigenvalue weighted by Crippen LogP contribution is -2.57. The van der Waals surface area contributed by atoms with Crippen molar-refractivity contribution in [3.05, 3.63) is 0 Å². The average Bonchev–Trinajstić information content (AvgIpc) is 2.58. The van der Waals surface area contributed by atoms with E-state index in [1.807, 2.05) is 6.92 Å². The molecule has 1 aliphatic heterocycles. The number of methoxy groups -OCH3 is 1. The van der Waals surface area contributed by atoms with Gasteiger partial charge in [-0.05, 0) is 38.5 Å². The highest BCUT2D eigenvalue weighted by Crippen LogP contribution is 2.44. The van der Waals surface area contributed by atoms with Gasteiger partial charge in [0.15, 0.2) is 5.96 Å². The maximum Gasteiger partial charge on any atom is 0.403 e. The molecule has 0 aromatic rings. The normalized spacial score (nSPS) is 22.8. The van der Waals surface area contributed by atoms with Crippen molar-refractivity contribution in [1.82, 2.24) is 15.1 Å². The summed E-state index contributed by atoms with van der Waals surface area (Å²) < 4.78 is 44.0. The second kappa shape index (κ2) is 9.26. The lowest BCUT2D eigenvalue weighted by molar-refractivity contribution is -0.181. The molecule has 26 heavy (non-hydrogen) atoms. The third-order valence-electron chi connectivity index (χ3n) is 5.79. The van der Waals surface area contributed by atoms with Crippen molar-refractivity contribution in [3.8, 4) is 0 Å². The fourth-order valence-electron chi connectivity index (χ4n) is 3.68. The molecule has 2 fully saturated rings. The second-order valence-corrected chi connectivity index (χ2v) is 7.51. The highest BCUT2D eigenvalue weighted by molar-refractivity contribution is 5.80. The van der Waals surface area contributed by atoms with Crippen molar-refractivity contribution in [2.24, 2.45) is 10.4 Å². The summed E-state index contributed by atoms with van der Waals surface area (Å²) in [7, 11) is 1.72. The smallest absolute Gasteiger partial charge is 0.385 e. The minimum absolute atomic E-state index is 0.239. The second-order valence-electron chi connectivity index (χ2n) is 7.51. The zero-order chi connectivity index (χ0) is 19.2. The zero-order valence-corrected chi connectivity index (χ0v) is 16.2. The quantitative estimate of drug-likeness (QED) is 0.546. The Bertz CT molecular complexity index is 458. The van der Waals surface area contributed by atoms with E-state index in [9.17, 15) is 13.2 Å². The van der Waals surface area contributed by atoms with Crippen LogP contribution in [0.2, 0.25) is 0 Å². The van der Waals surface area contributed by atoms with Gasteiger partial charge in [0.1, 0.15) is 6.04 Å². The van der Waals surface area contributed by atoms with Crippen LogP contribution in [0.1, 0.15) is 39.5 Å². The van der Waals surface area contributed by atoms with E-state index in [1.54, 1.807) is 7.11 Å². The number of aliphatic imine (C=N–C) groups is 1. The van der Waals surface area contributed by atoms with Crippen LogP contribution in [0.5, 0.6) is 0 Å². The summed E-state index contributed by atoms with van der Waals surface area (Å²) in [5, 5.41) is 3.31. The Morgan fingerprint density at radius 3 is 2.35 bits per heavy atom. The van der Waals surface area contributed by atoms with Crippen LogP contribution in [0.15, 0.2) is 4.99 Å². The zero-order valence-electron chi connectivity index (χ0n) is 16.2. The molecule has 0 spiro atoms. The monoisotopic (exact) mass is 378 g/mol. The molecule has 2 aliphatic rings. The number of hydrogen-bond acceptors (Lipinski definition) is 3. The van der Waals surface area contributed by atoms with Gasteiger partial charge in [0, 0.05) is 53.0 Å². The van der Waals surface area contributed by atoms with Gasteiger partial charge in [0.2, 0.25) is 0 Å². The Hall–Kier alpha value is -1.02. The number of halogens is 3. The molecule has 2 rings (SSSR count). The van der Waals surface area contributed by atoms with Crippen LogP contribution in [-0.4, -0.2) is 81.0 Å². The van der Waals surface area contributed by atoms with Gasteiger partial charge in [-0.15, -0.1) is 0 Å². The van der Waals surface area contributed by atoms with Crippen molar-refractivity contribution in [3.63, 3.8) is 0 Å². The van der Waals surface area contributed by atoms with E-state index in [-0.39, 0.29) is 5.41 Å². The Morgan fingerprint density at radius 2 is 1.88 bits per heavy atom. The molecule has 1 heterocycles.